The van der Waals surface area contributed by atoms with Crippen LogP contribution in [0.1, 0.15) is 10.4 Å². The summed E-state index contributed by atoms with van der Waals surface area (Å²) in [5.41, 5.74) is 2.70. The zero-order valence-electron chi connectivity index (χ0n) is 7.83. The Labute approximate surface area is 90.3 Å². The van der Waals surface area contributed by atoms with Crippen LogP contribution in [0.4, 0.5) is 0 Å². The number of benzene rings is 1. The Morgan fingerprint density at radius 1 is 1.36 bits per heavy atom. The molecule has 0 heterocycles. The molecule has 1 amide bonds. The molecule has 0 radical (unpaired) electrons. The van der Waals surface area contributed by atoms with E-state index in [1.165, 1.54) is 7.11 Å². The topological polar surface area (TPSA) is 47.6 Å². The molecule has 0 aliphatic rings. The van der Waals surface area contributed by atoms with Gasteiger partial charge in [-0.25, -0.2) is 5.48 Å². The monoisotopic (exact) mass is 259 g/mol. The lowest BCUT2D eigenvalue weighted by Gasteiger charge is -2.05. The number of methoxy groups -OCH3 is 1. The van der Waals surface area contributed by atoms with Gasteiger partial charge < -0.3 is 4.74 Å². The summed E-state index contributed by atoms with van der Waals surface area (Å²) in [6, 6.07) is 5.07. The van der Waals surface area contributed by atoms with Crippen LogP contribution >= 0.6 is 15.9 Å². The van der Waals surface area contributed by atoms with E-state index >= 15 is 0 Å². The minimum Gasteiger partial charge on any atom is -0.497 e. The van der Waals surface area contributed by atoms with Crippen LogP contribution in [0.15, 0.2) is 22.7 Å². The lowest BCUT2D eigenvalue weighted by atomic mass is 10.2. The molecule has 0 aliphatic carbocycles. The Bertz CT molecular complexity index is 341. The summed E-state index contributed by atoms with van der Waals surface area (Å²) in [5, 5.41) is 0. The van der Waals surface area contributed by atoms with Crippen molar-refractivity contribution in [3.05, 3.63) is 28.2 Å². The molecular formula is C9H10BrNO3. The molecule has 0 fully saturated rings. The summed E-state index contributed by atoms with van der Waals surface area (Å²) < 4.78 is 5.79. The zero-order valence-corrected chi connectivity index (χ0v) is 9.42. The van der Waals surface area contributed by atoms with E-state index in [2.05, 4.69) is 26.2 Å². The molecule has 14 heavy (non-hydrogen) atoms. The van der Waals surface area contributed by atoms with Crippen LogP contribution in [0.3, 0.4) is 0 Å². The van der Waals surface area contributed by atoms with Gasteiger partial charge in [-0.3, -0.25) is 9.63 Å². The van der Waals surface area contributed by atoms with Crippen LogP contribution < -0.4 is 10.2 Å². The van der Waals surface area contributed by atoms with Crippen LogP contribution in [0.25, 0.3) is 0 Å². The smallest absolute Gasteiger partial charge is 0.275 e. The van der Waals surface area contributed by atoms with Crippen molar-refractivity contribution in [3.8, 4) is 5.75 Å². The molecule has 1 N–H and O–H groups in total. The van der Waals surface area contributed by atoms with E-state index in [0.29, 0.717) is 11.3 Å². The highest BCUT2D eigenvalue weighted by Gasteiger charge is 2.07. The molecule has 0 saturated carbocycles. The molecule has 0 unspecified atom stereocenters. The second kappa shape index (κ2) is 4.97. The maximum absolute atomic E-state index is 11.4. The first-order chi connectivity index (χ1) is 6.67. The molecule has 5 heteroatoms. The highest BCUT2D eigenvalue weighted by Crippen LogP contribution is 2.20. The molecular weight excluding hydrogens is 250 g/mol. The van der Waals surface area contributed by atoms with Gasteiger partial charge in [-0.05, 0) is 18.2 Å². The number of hydroxylamine groups is 1. The largest absolute Gasteiger partial charge is 0.497 e. The second-order valence-electron chi connectivity index (χ2n) is 2.52. The zero-order chi connectivity index (χ0) is 10.6. The van der Waals surface area contributed by atoms with Crippen molar-refractivity contribution in [2.24, 2.45) is 0 Å². The lowest BCUT2D eigenvalue weighted by Crippen LogP contribution is -2.21. The number of carbonyl (C=O) groups is 1. The fraction of sp³-hybridized carbons (Fsp3) is 0.222. The normalized spacial score (nSPS) is 9.64. The average Bonchev–Trinajstić information content (AvgIpc) is 2.17. The van der Waals surface area contributed by atoms with Gasteiger partial charge in [0.2, 0.25) is 0 Å². The first kappa shape index (κ1) is 11.0. The van der Waals surface area contributed by atoms with E-state index in [9.17, 15) is 4.79 Å². The number of amides is 1. The van der Waals surface area contributed by atoms with Crippen LogP contribution in [0, 0.1) is 0 Å². The standard InChI is InChI=1S/C9H10BrNO3/c1-13-8-4-6(3-7(10)5-8)9(12)11-14-2/h3-5H,1-2H3,(H,11,12). The van der Waals surface area contributed by atoms with Crippen molar-refractivity contribution >= 4 is 21.8 Å². The molecule has 0 bridgehead atoms. The fourth-order valence-electron chi connectivity index (χ4n) is 0.963. The van der Waals surface area contributed by atoms with Gasteiger partial charge >= 0.3 is 0 Å². The van der Waals surface area contributed by atoms with E-state index in [0.717, 1.165) is 4.47 Å². The Hall–Kier alpha value is -1.07. The Balaban J connectivity index is 2.96. The number of ether oxygens (including phenoxy) is 1. The molecule has 0 aliphatic heterocycles. The van der Waals surface area contributed by atoms with Gasteiger partial charge in [-0.15, -0.1) is 0 Å². The predicted molar refractivity (Wildman–Crippen MR) is 55.2 cm³/mol. The second-order valence-corrected chi connectivity index (χ2v) is 3.43. The molecule has 0 saturated heterocycles. The number of nitrogens with one attached hydrogen (secondary N) is 1. The first-order valence-electron chi connectivity index (χ1n) is 3.85. The summed E-state index contributed by atoms with van der Waals surface area (Å²) in [6.45, 7) is 0. The van der Waals surface area contributed by atoms with Gasteiger partial charge in [0.15, 0.2) is 0 Å². The van der Waals surface area contributed by atoms with Gasteiger partial charge in [0.25, 0.3) is 5.91 Å². The minimum atomic E-state index is -0.313. The molecule has 0 spiro atoms. The fourth-order valence-corrected chi connectivity index (χ4v) is 1.44. The Morgan fingerprint density at radius 2 is 2.07 bits per heavy atom. The van der Waals surface area contributed by atoms with E-state index in [1.807, 2.05) is 0 Å². The summed E-state index contributed by atoms with van der Waals surface area (Å²) in [7, 11) is 2.92. The highest BCUT2D eigenvalue weighted by molar-refractivity contribution is 9.10. The van der Waals surface area contributed by atoms with Crippen LogP contribution in [-0.2, 0) is 4.84 Å². The molecule has 1 aromatic rings. The first-order valence-corrected chi connectivity index (χ1v) is 4.64. The van der Waals surface area contributed by atoms with Crippen LogP contribution in [0.2, 0.25) is 0 Å². The van der Waals surface area contributed by atoms with E-state index in [1.54, 1.807) is 25.3 Å². The van der Waals surface area contributed by atoms with Crippen LogP contribution in [-0.4, -0.2) is 20.1 Å². The molecule has 4 nitrogen and oxygen atoms in total. The molecule has 1 rings (SSSR count). The molecule has 1 aromatic carbocycles. The van der Waals surface area contributed by atoms with E-state index in [-0.39, 0.29) is 5.91 Å². The van der Waals surface area contributed by atoms with Gasteiger partial charge in [-0.2, -0.15) is 0 Å². The van der Waals surface area contributed by atoms with Crippen molar-refractivity contribution in [3.63, 3.8) is 0 Å². The maximum Gasteiger partial charge on any atom is 0.275 e. The highest BCUT2D eigenvalue weighted by atomic mass is 79.9. The average molecular weight is 260 g/mol. The summed E-state index contributed by atoms with van der Waals surface area (Å²) in [5.74, 6) is 0.299. The van der Waals surface area contributed by atoms with Crippen molar-refractivity contribution < 1.29 is 14.4 Å². The number of halogens is 1. The quantitative estimate of drug-likeness (QED) is 0.842. The third kappa shape index (κ3) is 2.71. The Kier molecular flexibility index (Phi) is 3.91. The minimum absolute atomic E-state index is 0.313. The third-order valence-electron chi connectivity index (χ3n) is 1.56. The summed E-state index contributed by atoms with van der Waals surface area (Å²) in [4.78, 5) is 15.9. The summed E-state index contributed by atoms with van der Waals surface area (Å²) in [6.07, 6.45) is 0. The van der Waals surface area contributed by atoms with Crippen molar-refractivity contribution in [2.75, 3.05) is 14.2 Å². The van der Waals surface area contributed by atoms with Crippen molar-refractivity contribution in [2.45, 2.75) is 0 Å². The number of hydrogen-bond acceptors (Lipinski definition) is 3. The number of rotatable bonds is 3. The van der Waals surface area contributed by atoms with Gasteiger partial charge in [0.1, 0.15) is 5.75 Å². The third-order valence-corrected chi connectivity index (χ3v) is 2.02. The van der Waals surface area contributed by atoms with E-state index < -0.39 is 0 Å². The summed E-state index contributed by atoms with van der Waals surface area (Å²) >= 11 is 3.27. The maximum atomic E-state index is 11.4. The number of carbonyl (C=O) groups excluding carboxylic acids is 1. The molecule has 0 atom stereocenters. The lowest BCUT2D eigenvalue weighted by molar-refractivity contribution is 0.0537. The van der Waals surface area contributed by atoms with Gasteiger partial charge in [0.05, 0.1) is 14.2 Å². The van der Waals surface area contributed by atoms with E-state index in [4.69, 9.17) is 4.74 Å². The predicted octanol–water partition coefficient (Wildman–Crippen LogP) is 1.75. The number of hydrogen-bond donors (Lipinski definition) is 1. The van der Waals surface area contributed by atoms with Crippen molar-refractivity contribution in [1.29, 1.82) is 0 Å². The van der Waals surface area contributed by atoms with Gasteiger partial charge in [-0.1, -0.05) is 15.9 Å². The SMILES string of the molecule is CONC(=O)c1cc(Br)cc(OC)c1. The molecule has 76 valence electrons. The molecule has 0 aromatic heterocycles. The van der Waals surface area contributed by atoms with Crippen molar-refractivity contribution in [1.82, 2.24) is 5.48 Å². The van der Waals surface area contributed by atoms with Crippen LogP contribution in [0.5, 0.6) is 5.75 Å². The van der Waals surface area contributed by atoms with Gasteiger partial charge in [0, 0.05) is 10.0 Å². The Morgan fingerprint density at radius 3 is 2.64 bits per heavy atom.